The number of esters is 1. The van der Waals surface area contributed by atoms with Crippen molar-refractivity contribution in [1.82, 2.24) is 4.57 Å². The molecule has 0 fully saturated rings. The molecular formula is C14H11BrFN3O2. The highest BCUT2D eigenvalue weighted by atomic mass is 79.9. The lowest BCUT2D eigenvalue weighted by Crippen LogP contribution is -2.11. The Hall–Kier alpha value is -2.33. The molecule has 0 spiro atoms. The second kappa shape index (κ2) is 5.58. The van der Waals surface area contributed by atoms with Gasteiger partial charge in [-0.2, -0.15) is 5.26 Å². The Bertz CT molecular complexity index is 778. The average molecular weight is 352 g/mol. The van der Waals surface area contributed by atoms with Crippen molar-refractivity contribution in [2.24, 2.45) is 0 Å². The monoisotopic (exact) mass is 351 g/mol. The number of benzene rings is 1. The fourth-order valence-corrected chi connectivity index (χ4v) is 2.44. The molecular weight excluding hydrogens is 341 g/mol. The number of nitrogens with two attached hydrogens (primary N) is 1. The van der Waals surface area contributed by atoms with Crippen LogP contribution in [-0.2, 0) is 4.74 Å². The molecule has 2 aromatic rings. The molecule has 0 atom stereocenters. The van der Waals surface area contributed by atoms with Gasteiger partial charge in [-0.15, -0.1) is 0 Å². The standard InChI is InChI=1S/C14H11BrFN3O2/c1-7-3-11(9(15)4-10(7)16)19-6-8(5-17)12(18)13(19)14(20)21-2/h3-4,6H,18H2,1-2H3. The smallest absolute Gasteiger partial charge is 0.357 e. The Kier molecular flexibility index (Phi) is 4.00. The summed E-state index contributed by atoms with van der Waals surface area (Å²) in [6.45, 7) is 1.60. The predicted octanol–water partition coefficient (Wildman–Crippen LogP) is 2.93. The lowest BCUT2D eigenvalue weighted by molar-refractivity contribution is 0.0593. The summed E-state index contributed by atoms with van der Waals surface area (Å²) >= 11 is 3.24. The first kappa shape index (κ1) is 15.1. The van der Waals surface area contributed by atoms with Crippen LogP contribution < -0.4 is 5.73 Å². The molecule has 7 heteroatoms. The summed E-state index contributed by atoms with van der Waals surface area (Å²) in [4.78, 5) is 11.9. The number of carbonyl (C=O) groups is 1. The number of carbonyl (C=O) groups excluding carboxylic acids is 1. The van der Waals surface area contributed by atoms with Crippen LogP contribution in [0.4, 0.5) is 10.1 Å². The van der Waals surface area contributed by atoms with E-state index in [9.17, 15) is 9.18 Å². The van der Waals surface area contributed by atoms with Crippen LogP contribution >= 0.6 is 15.9 Å². The molecule has 0 aliphatic heterocycles. The fourth-order valence-electron chi connectivity index (χ4n) is 1.93. The minimum absolute atomic E-state index is 0.0261. The number of hydrogen-bond acceptors (Lipinski definition) is 4. The van der Waals surface area contributed by atoms with Crippen molar-refractivity contribution >= 4 is 27.6 Å². The number of hydrogen-bond donors (Lipinski definition) is 1. The third-order valence-electron chi connectivity index (χ3n) is 3.03. The highest BCUT2D eigenvalue weighted by Gasteiger charge is 2.23. The molecule has 1 aromatic carbocycles. The summed E-state index contributed by atoms with van der Waals surface area (Å²) in [6, 6.07) is 4.74. The Balaban J connectivity index is 2.78. The maximum atomic E-state index is 13.5. The molecule has 0 saturated heterocycles. The van der Waals surface area contributed by atoms with Gasteiger partial charge in [0.15, 0.2) is 5.69 Å². The zero-order chi connectivity index (χ0) is 15.7. The normalized spacial score (nSPS) is 10.2. The number of nitrogens with zero attached hydrogens (tertiary/aromatic N) is 2. The van der Waals surface area contributed by atoms with Crippen LogP contribution in [0.5, 0.6) is 0 Å². The first-order chi connectivity index (χ1) is 9.90. The van der Waals surface area contributed by atoms with Crippen molar-refractivity contribution in [3.8, 4) is 11.8 Å². The molecule has 2 N–H and O–H groups in total. The Morgan fingerprint density at radius 2 is 2.19 bits per heavy atom. The summed E-state index contributed by atoms with van der Waals surface area (Å²) in [7, 11) is 1.22. The summed E-state index contributed by atoms with van der Waals surface area (Å²) < 4.78 is 20.1. The lowest BCUT2D eigenvalue weighted by atomic mass is 10.2. The van der Waals surface area contributed by atoms with Gasteiger partial charge >= 0.3 is 5.97 Å². The largest absolute Gasteiger partial charge is 0.464 e. The average Bonchev–Trinajstić information content (AvgIpc) is 2.78. The van der Waals surface area contributed by atoms with Crippen LogP contribution in [0, 0.1) is 24.1 Å². The molecule has 0 amide bonds. The molecule has 0 aliphatic carbocycles. The Labute approximate surface area is 128 Å². The van der Waals surface area contributed by atoms with Crippen LogP contribution in [-0.4, -0.2) is 17.6 Å². The van der Waals surface area contributed by atoms with E-state index in [-0.39, 0.29) is 22.8 Å². The SMILES string of the molecule is COC(=O)c1c(N)c(C#N)cn1-c1cc(C)c(F)cc1Br. The van der Waals surface area contributed by atoms with Gasteiger partial charge in [-0.3, -0.25) is 0 Å². The van der Waals surface area contributed by atoms with Crippen molar-refractivity contribution in [3.05, 3.63) is 45.4 Å². The molecule has 0 aliphatic rings. The fraction of sp³-hybridized carbons (Fsp3) is 0.143. The molecule has 0 unspecified atom stereocenters. The first-order valence-electron chi connectivity index (χ1n) is 5.86. The summed E-state index contributed by atoms with van der Waals surface area (Å²) in [5.74, 6) is -1.06. The van der Waals surface area contributed by atoms with Crippen LogP contribution in [0.3, 0.4) is 0 Å². The molecule has 1 aromatic heterocycles. The van der Waals surface area contributed by atoms with Crippen molar-refractivity contribution < 1.29 is 13.9 Å². The number of aromatic nitrogens is 1. The number of anilines is 1. The number of aryl methyl sites for hydroxylation is 1. The van der Waals surface area contributed by atoms with E-state index in [0.717, 1.165) is 0 Å². The number of nitriles is 1. The second-order valence-corrected chi connectivity index (χ2v) is 5.19. The van der Waals surface area contributed by atoms with Crippen molar-refractivity contribution in [2.75, 3.05) is 12.8 Å². The zero-order valence-electron chi connectivity index (χ0n) is 11.3. The minimum atomic E-state index is -0.678. The maximum absolute atomic E-state index is 13.5. The van der Waals surface area contributed by atoms with Gasteiger partial charge in [-0.25, -0.2) is 9.18 Å². The highest BCUT2D eigenvalue weighted by molar-refractivity contribution is 9.10. The molecule has 0 saturated carbocycles. The molecule has 0 bridgehead atoms. The molecule has 2 rings (SSSR count). The second-order valence-electron chi connectivity index (χ2n) is 4.33. The van der Waals surface area contributed by atoms with E-state index in [0.29, 0.717) is 15.7 Å². The number of methoxy groups -OCH3 is 1. The Morgan fingerprint density at radius 1 is 1.52 bits per heavy atom. The van der Waals surface area contributed by atoms with Gasteiger partial charge in [0.2, 0.25) is 0 Å². The third-order valence-corrected chi connectivity index (χ3v) is 3.67. The van der Waals surface area contributed by atoms with Gasteiger partial charge in [0, 0.05) is 10.7 Å². The van der Waals surface area contributed by atoms with Crippen LogP contribution in [0.25, 0.3) is 5.69 Å². The molecule has 108 valence electrons. The van der Waals surface area contributed by atoms with Crippen molar-refractivity contribution in [3.63, 3.8) is 0 Å². The van der Waals surface area contributed by atoms with E-state index in [2.05, 4.69) is 15.9 Å². The summed E-state index contributed by atoms with van der Waals surface area (Å²) in [5.41, 5.74) is 6.90. The predicted molar refractivity (Wildman–Crippen MR) is 78.6 cm³/mol. The van der Waals surface area contributed by atoms with Gasteiger partial charge in [0.05, 0.1) is 24.0 Å². The third kappa shape index (κ3) is 2.50. The number of ether oxygens (including phenoxy) is 1. The minimum Gasteiger partial charge on any atom is -0.464 e. The maximum Gasteiger partial charge on any atom is 0.357 e. The molecule has 5 nitrogen and oxygen atoms in total. The van der Waals surface area contributed by atoms with Crippen LogP contribution in [0.15, 0.2) is 22.8 Å². The summed E-state index contributed by atoms with van der Waals surface area (Å²) in [5, 5.41) is 9.06. The van der Waals surface area contributed by atoms with Crippen molar-refractivity contribution in [2.45, 2.75) is 6.92 Å². The van der Waals surface area contributed by atoms with E-state index >= 15 is 0 Å². The highest BCUT2D eigenvalue weighted by Crippen LogP contribution is 2.30. The van der Waals surface area contributed by atoms with E-state index < -0.39 is 5.97 Å². The van der Waals surface area contributed by atoms with Gasteiger partial charge in [-0.1, -0.05) is 0 Å². The van der Waals surface area contributed by atoms with Gasteiger partial charge in [-0.05, 0) is 40.5 Å². The summed E-state index contributed by atoms with van der Waals surface area (Å²) in [6.07, 6.45) is 1.42. The van der Waals surface area contributed by atoms with Gasteiger partial charge in [0.1, 0.15) is 11.9 Å². The first-order valence-corrected chi connectivity index (χ1v) is 6.65. The van der Waals surface area contributed by atoms with Gasteiger partial charge < -0.3 is 15.0 Å². The van der Waals surface area contributed by atoms with Crippen LogP contribution in [0.1, 0.15) is 21.6 Å². The van der Waals surface area contributed by atoms with E-state index in [4.69, 9.17) is 15.7 Å². The van der Waals surface area contributed by atoms with E-state index in [1.54, 1.807) is 13.0 Å². The number of rotatable bonds is 2. The Morgan fingerprint density at radius 3 is 2.76 bits per heavy atom. The number of nitrogen functional groups attached to an aromatic ring is 1. The van der Waals surface area contributed by atoms with Crippen molar-refractivity contribution in [1.29, 1.82) is 5.26 Å². The topological polar surface area (TPSA) is 81.0 Å². The van der Waals surface area contributed by atoms with Crippen LogP contribution in [0.2, 0.25) is 0 Å². The van der Waals surface area contributed by atoms with E-state index in [1.165, 1.54) is 23.9 Å². The lowest BCUT2D eigenvalue weighted by Gasteiger charge is -2.11. The van der Waals surface area contributed by atoms with E-state index in [1.807, 2.05) is 6.07 Å². The zero-order valence-corrected chi connectivity index (χ0v) is 12.9. The van der Waals surface area contributed by atoms with Gasteiger partial charge in [0.25, 0.3) is 0 Å². The number of halogens is 2. The molecule has 21 heavy (non-hydrogen) atoms. The quantitative estimate of drug-likeness (QED) is 0.843. The molecule has 0 radical (unpaired) electrons. The molecule has 1 heterocycles.